The van der Waals surface area contributed by atoms with Crippen LogP contribution < -0.4 is 10.6 Å². The smallest absolute Gasteiger partial charge is 0.254 e. The van der Waals surface area contributed by atoms with Crippen molar-refractivity contribution in [3.05, 3.63) is 76.7 Å². The average Bonchev–Trinajstić information content (AvgIpc) is 3.72. The molecule has 0 spiro atoms. The number of likely N-dealkylation sites (tertiary alicyclic amines) is 1. The molecule has 1 saturated heterocycles. The van der Waals surface area contributed by atoms with Gasteiger partial charge in [0, 0.05) is 23.7 Å². The van der Waals surface area contributed by atoms with Crippen molar-refractivity contribution in [2.45, 2.75) is 51.9 Å². The highest BCUT2D eigenvalue weighted by Gasteiger charge is 2.32. The Kier molecular flexibility index (Phi) is 7.18. The molecule has 4 aromatic rings. The van der Waals surface area contributed by atoms with Gasteiger partial charge in [-0.1, -0.05) is 38.1 Å². The highest BCUT2D eigenvalue weighted by Crippen LogP contribution is 2.37. The quantitative estimate of drug-likeness (QED) is 0.286. The van der Waals surface area contributed by atoms with E-state index in [-0.39, 0.29) is 24.4 Å². The summed E-state index contributed by atoms with van der Waals surface area (Å²) in [6.45, 7) is 7.08. The van der Waals surface area contributed by atoms with Crippen LogP contribution in [0.1, 0.15) is 78.4 Å². The van der Waals surface area contributed by atoms with Gasteiger partial charge in [0.1, 0.15) is 17.9 Å². The van der Waals surface area contributed by atoms with Gasteiger partial charge in [0.15, 0.2) is 0 Å². The first-order chi connectivity index (χ1) is 20.6. The molecule has 1 atom stereocenters. The first-order valence-corrected chi connectivity index (χ1v) is 14.4. The molecule has 6 rings (SSSR count). The number of alkyl halides is 1. The number of rotatable bonds is 8. The highest BCUT2D eigenvalue weighted by molar-refractivity contribution is 6.01. The first-order valence-electron chi connectivity index (χ1n) is 14.4. The molecule has 218 valence electrons. The van der Waals surface area contributed by atoms with Crippen LogP contribution >= 0.6 is 0 Å². The normalized spacial score (nSPS) is 15.8. The van der Waals surface area contributed by atoms with E-state index in [4.69, 9.17) is 0 Å². The summed E-state index contributed by atoms with van der Waals surface area (Å²) in [6.07, 6.45) is 4.53. The lowest BCUT2D eigenvalue weighted by atomic mass is 9.96. The Hall–Kier alpha value is -5.03. The van der Waals surface area contributed by atoms with Gasteiger partial charge >= 0.3 is 0 Å². The zero-order chi connectivity index (χ0) is 30.3. The fourth-order valence-corrected chi connectivity index (χ4v) is 5.15. The molecule has 1 saturated carbocycles. The standard InChI is InChI=1S/C32H32FN9O/c1-32(2,3)18-37-28-22(13-35)14-36-30-25(28)9-19(12-34)10-26(30)38-29(27-17-42(40-39-27)24-7-8-24)20-5-4-6-21(11-20)31(43)41-15-23(33)16-41/h4-6,9-11,14,17,23-24,29,38H,7-8,15-16,18H2,1-3H3,(H,36,37)/t29-/m0/s1. The van der Waals surface area contributed by atoms with E-state index >= 15 is 0 Å². The topological polar surface area (TPSA) is 136 Å². The monoisotopic (exact) mass is 577 g/mol. The van der Waals surface area contributed by atoms with Crippen LogP contribution in [0, 0.1) is 28.1 Å². The molecule has 1 aliphatic carbocycles. The molecule has 1 amide bonds. The third-order valence-corrected chi connectivity index (χ3v) is 7.65. The number of anilines is 2. The van der Waals surface area contributed by atoms with Crippen LogP contribution in [0.15, 0.2) is 48.8 Å². The number of nitrogens with one attached hydrogen (secondary N) is 2. The molecular weight excluding hydrogens is 545 g/mol. The number of nitrogens with zero attached hydrogens (tertiary/aromatic N) is 7. The van der Waals surface area contributed by atoms with Crippen molar-refractivity contribution < 1.29 is 9.18 Å². The van der Waals surface area contributed by atoms with Gasteiger partial charge in [0.05, 0.1) is 65.5 Å². The van der Waals surface area contributed by atoms with Crippen molar-refractivity contribution >= 4 is 28.2 Å². The number of pyridine rings is 1. The van der Waals surface area contributed by atoms with E-state index < -0.39 is 12.2 Å². The summed E-state index contributed by atoms with van der Waals surface area (Å²) >= 11 is 0. The number of nitriles is 2. The fraction of sp³-hybridized carbons (Fsp3) is 0.375. The third-order valence-electron chi connectivity index (χ3n) is 7.65. The van der Waals surface area contributed by atoms with Gasteiger partial charge in [0.25, 0.3) is 5.91 Å². The largest absolute Gasteiger partial charge is 0.383 e. The average molecular weight is 578 g/mol. The molecule has 2 aliphatic rings. The maximum atomic E-state index is 13.5. The van der Waals surface area contributed by atoms with Crippen molar-refractivity contribution in [2.24, 2.45) is 5.41 Å². The zero-order valence-electron chi connectivity index (χ0n) is 24.3. The van der Waals surface area contributed by atoms with Gasteiger partial charge in [-0.3, -0.25) is 9.78 Å². The van der Waals surface area contributed by atoms with E-state index in [1.807, 2.05) is 16.9 Å². The van der Waals surface area contributed by atoms with Crippen LogP contribution in [0.2, 0.25) is 0 Å². The molecule has 2 N–H and O–H groups in total. The molecule has 0 unspecified atom stereocenters. The third kappa shape index (κ3) is 5.84. The predicted molar refractivity (Wildman–Crippen MR) is 160 cm³/mol. The van der Waals surface area contributed by atoms with Crippen LogP contribution in [0.3, 0.4) is 0 Å². The van der Waals surface area contributed by atoms with Crippen LogP contribution in [-0.4, -0.2) is 56.6 Å². The van der Waals surface area contributed by atoms with E-state index in [9.17, 15) is 19.7 Å². The van der Waals surface area contributed by atoms with Crippen molar-refractivity contribution in [3.8, 4) is 12.1 Å². The minimum absolute atomic E-state index is 0.0572. The zero-order valence-corrected chi connectivity index (χ0v) is 24.3. The summed E-state index contributed by atoms with van der Waals surface area (Å²) in [5, 5.41) is 36.3. The van der Waals surface area contributed by atoms with E-state index in [1.165, 1.54) is 11.1 Å². The summed E-state index contributed by atoms with van der Waals surface area (Å²) in [5.41, 5.74) is 4.33. The first kappa shape index (κ1) is 28.1. The molecule has 1 aliphatic heterocycles. The molecule has 43 heavy (non-hydrogen) atoms. The molecule has 11 heteroatoms. The molecule has 0 bridgehead atoms. The lowest BCUT2D eigenvalue weighted by molar-refractivity contribution is 0.0400. The molecule has 2 fully saturated rings. The summed E-state index contributed by atoms with van der Waals surface area (Å²) in [4.78, 5) is 19.2. The highest BCUT2D eigenvalue weighted by atomic mass is 19.1. The SMILES string of the molecule is CC(C)(C)CNc1c(C#N)cnc2c(N[C@@H](c3cccc(C(=O)N4CC(F)C4)c3)c3cn(C4CC4)nn3)cc(C#N)cc12. The number of fused-ring (bicyclic) bond motifs is 1. The van der Waals surface area contributed by atoms with Gasteiger partial charge in [0.2, 0.25) is 0 Å². The Balaban J connectivity index is 1.44. The second-order valence-corrected chi connectivity index (χ2v) is 12.5. The second kappa shape index (κ2) is 11.0. The summed E-state index contributed by atoms with van der Waals surface area (Å²) in [5.74, 6) is -0.228. The summed E-state index contributed by atoms with van der Waals surface area (Å²) < 4.78 is 15.3. The number of carbonyl (C=O) groups excluding carboxylic acids is 1. The van der Waals surface area contributed by atoms with Gasteiger partial charge in [-0.2, -0.15) is 10.5 Å². The predicted octanol–water partition coefficient (Wildman–Crippen LogP) is 5.36. The van der Waals surface area contributed by atoms with Gasteiger partial charge in [-0.15, -0.1) is 5.10 Å². The van der Waals surface area contributed by atoms with Gasteiger partial charge in [-0.05, 0) is 48.1 Å². The Bertz CT molecular complexity index is 1790. The molecule has 3 heterocycles. The van der Waals surface area contributed by atoms with Crippen molar-refractivity contribution in [2.75, 3.05) is 30.3 Å². The summed E-state index contributed by atoms with van der Waals surface area (Å²) in [7, 11) is 0. The lowest BCUT2D eigenvalue weighted by Crippen LogP contribution is -2.51. The van der Waals surface area contributed by atoms with E-state index in [2.05, 4.69) is 58.8 Å². The molecule has 0 radical (unpaired) electrons. The van der Waals surface area contributed by atoms with Crippen LogP contribution in [0.5, 0.6) is 0 Å². The summed E-state index contributed by atoms with van der Waals surface area (Å²) in [6, 6.07) is 14.9. The molecule has 10 nitrogen and oxygen atoms in total. The van der Waals surface area contributed by atoms with Crippen molar-refractivity contribution in [1.29, 1.82) is 10.5 Å². The number of hydrogen-bond donors (Lipinski definition) is 2. The number of hydrogen-bond acceptors (Lipinski definition) is 8. The minimum atomic E-state index is -0.989. The minimum Gasteiger partial charge on any atom is -0.383 e. The number of aromatic nitrogens is 4. The van der Waals surface area contributed by atoms with Crippen LogP contribution in [0.4, 0.5) is 15.8 Å². The van der Waals surface area contributed by atoms with E-state index in [0.717, 1.165) is 18.4 Å². The maximum absolute atomic E-state index is 13.5. The number of benzene rings is 2. The Labute approximate surface area is 249 Å². The van der Waals surface area contributed by atoms with Crippen LogP contribution in [0.25, 0.3) is 10.9 Å². The van der Waals surface area contributed by atoms with Gasteiger partial charge in [-0.25, -0.2) is 9.07 Å². The van der Waals surface area contributed by atoms with Crippen molar-refractivity contribution in [3.63, 3.8) is 0 Å². The fourth-order valence-electron chi connectivity index (χ4n) is 5.15. The van der Waals surface area contributed by atoms with E-state index in [0.29, 0.717) is 57.2 Å². The Morgan fingerprint density at radius 1 is 1.16 bits per heavy atom. The van der Waals surface area contributed by atoms with Crippen molar-refractivity contribution in [1.82, 2.24) is 24.9 Å². The second-order valence-electron chi connectivity index (χ2n) is 12.5. The number of halogens is 1. The molecule has 2 aromatic carbocycles. The number of amides is 1. The molecule has 2 aromatic heterocycles. The van der Waals surface area contributed by atoms with E-state index in [1.54, 1.807) is 30.3 Å². The maximum Gasteiger partial charge on any atom is 0.254 e. The van der Waals surface area contributed by atoms with Gasteiger partial charge < -0.3 is 15.5 Å². The lowest BCUT2D eigenvalue weighted by Gasteiger charge is -2.34. The molecular formula is C32H32FN9O. The Morgan fingerprint density at radius 3 is 2.63 bits per heavy atom. The number of carbonyl (C=O) groups is 1. The Morgan fingerprint density at radius 2 is 1.95 bits per heavy atom. The van der Waals surface area contributed by atoms with Crippen LogP contribution in [-0.2, 0) is 0 Å².